The maximum Gasteiger partial charge on any atom is 0.242 e. The molecule has 0 heterocycles. The zero-order valence-corrected chi connectivity index (χ0v) is 17.6. The monoisotopic (exact) mass is 424 g/mol. The van der Waals surface area contributed by atoms with E-state index in [0.29, 0.717) is 15.6 Å². The van der Waals surface area contributed by atoms with Crippen molar-refractivity contribution in [3.05, 3.63) is 69.7 Å². The average Bonchev–Trinajstić information content (AvgIpc) is 2.67. The Morgan fingerprint density at radius 3 is 2.30 bits per heavy atom. The van der Waals surface area contributed by atoms with Crippen LogP contribution in [0.3, 0.4) is 0 Å². The summed E-state index contributed by atoms with van der Waals surface area (Å²) in [5, 5.41) is 3.54. The van der Waals surface area contributed by atoms with Gasteiger partial charge in [0.05, 0.1) is 5.75 Å². The number of likely N-dealkylation sites (N-methyl/N-ethyl adjacent to an activating group) is 1. The van der Waals surface area contributed by atoms with E-state index in [4.69, 9.17) is 23.2 Å². The van der Waals surface area contributed by atoms with E-state index in [1.807, 2.05) is 30.3 Å². The fourth-order valence-corrected chi connectivity index (χ4v) is 3.95. The highest BCUT2D eigenvalue weighted by Crippen LogP contribution is 2.27. The third-order valence-electron chi connectivity index (χ3n) is 4.14. The molecule has 0 saturated heterocycles. The predicted molar refractivity (Wildman–Crippen MR) is 113 cm³/mol. The minimum atomic E-state index is -0.632. The molecule has 0 aliphatic carbocycles. The second kappa shape index (κ2) is 10.6. The Kier molecular flexibility index (Phi) is 8.48. The molecule has 0 fully saturated rings. The molecular weight excluding hydrogens is 403 g/mol. The number of amides is 2. The summed E-state index contributed by atoms with van der Waals surface area (Å²) in [4.78, 5) is 26.5. The summed E-state index contributed by atoms with van der Waals surface area (Å²) in [6, 6.07) is 14.5. The summed E-state index contributed by atoms with van der Waals surface area (Å²) in [6.45, 7) is 1.88. The quantitative estimate of drug-likeness (QED) is 0.683. The number of carbonyl (C=O) groups excluding carboxylic acids is 2. The first-order valence-corrected chi connectivity index (χ1v) is 10.4. The van der Waals surface area contributed by atoms with Crippen LogP contribution < -0.4 is 5.32 Å². The standard InChI is InChI=1S/C20H22Cl2N2O2S/c1-14(20(26)23-2)24(11-16-17(21)9-6-10-18(16)22)19(25)13-27-12-15-7-4-3-5-8-15/h3-10,14H,11-13H2,1-2H3,(H,23,26). The molecule has 0 spiro atoms. The zero-order chi connectivity index (χ0) is 19.8. The Morgan fingerprint density at radius 2 is 1.70 bits per heavy atom. The molecule has 144 valence electrons. The summed E-state index contributed by atoms with van der Waals surface area (Å²) >= 11 is 14.0. The minimum Gasteiger partial charge on any atom is -0.357 e. The molecule has 2 amide bonds. The Balaban J connectivity index is 2.11. The molecule has 1 atom stereocenters. The van der Waals surface area contributed by atoms with E-state index in [-0.39, 0.29) is 24.1 Å². The number of thioether (sulfide) groups is 1. The van der Waals surface area contributed by atoms with Gasteiger partial charge in [0, 0.05) is 35.0 Å². The molecule has 1 N–H and O–H groups in total. The Labute approximate surface area is 174 Å². The van der Waals surface area contributed by atoms with E-state index in [1.54, 1.807) is 32.2 Å². The normalized spacial score (nSPS) is 11.7. The van der Waals surface area contributed by atoms with E-state index in [2.05, 4.69) is 5.32 Å². The van der Waals surface area contributed by atoms with Crippen molar-refractivity contribution < 1.29 is 9.59 Å². The summed E-state index contributed by atoms with van der Waals surface area (Å²) in [5.74, 6) is 0.613. The van der Waals surface area contributed by atoms with Crippen molar-refractivity contribution in [2.75, 3.05) is 12.8 Å². The van der Waals surface area contributed by atoms with Crippen molar-refractivity contribution >= 4 is 46.8 Å². The second-order valence-electron chi connectivity index (χ2n) is 5.99. The maximum absolute atomic E-state index is 12.9. The molecule has 0 saturated carbocycles. The minimum absolute atomic E-state index is 0.136. The van der Waals surface area contributed by atoms with Crippen molar-refractivity contribution in [3.8, 4) is 0 Å². The molecule has 7 heteroatoms. The van der Waals surface area contributed by atoms with Gasteiger partial charge in [-0.2, -0.15) is 0 Å². The number of nitrogens with zero attached hydrogens (tertiary/aromatic N) is 1. The summed E-state index contributed by atoms with van der Waals surface area (Å²) in [7, 11) is 1.55. The van der Waals surface area contributed by atoms with Crippen molar-refractivity contribution in [2.24, 2.45) is 0 Å². The molecule has 27 heavy (non-hydrogen) atoms. The van der Waals surface area contributed by atoms with E-state index >= 15 is 0 Å². The van der Waals surface area contributed by atoms with Crippen LogP contribution in [0, 0.1) is 0 Å². The lowest BCUT2D eigenvalue weighted by Crippen LogP contribution is -2.47. The fourth-order valence-electron chi connectivity index (χ4n) is 2.56. The lowest BCUT2D eigenvalue weighted by molar-refractivity contribution is -0.138. The van der Waals surface area contributed by atoms with Gasteiger partial charge in [-0.15, -0.1) is 11.8 Å². The summed E-state index contributed by atoms with van der Waals surface area (Å²) in [5.41, 5.74) is 1.79. The third kappa shape index (κ3) is 6.16. The molecule has 2 rings (SSSR count). The van der Waals surface area contributed by atoms with Crippen LogP contribution in [0.2, 0.25) is 10.0 Å². The largest absolute Gasteiger partial charge is 0.357 e. The van der Waals surface area contributed by atoms with Gasteiger partial charge in [0.1, 0.15) is 6.04 Å². The highest BCUT2D eigenvalue weighted by atomic mass is 35.5. The molecule has 1 unspecified atom stereocenters. The first-order valence-electron chi connectivity index (χ1n) is 8.49. The van der Waals surface area contributed by atoms with E-state index in [0.717, 1.165) is 11.3 Å². The molecule has 2 aromatic carbocycles. The van der Waals surface area contributed by atoms with Crippen LogP contribution in [0.5, 0.6) is 0 Å². The molecule has 0 radical (unpaired) electrons. The number of benzene rings is 2. The van der Waals surface area contributed by atoms with Crippen LogP contribution in [0.4, 0.5) is 0 Å². The summed E-state index contributed by atoms with van der Waals surface area (Å²) in [6.07, 6.45) is 0. The lowest BCUT2D eigenvalue weighted by atomic mass is 10.1. The van der Waals surface area contributed by atoms with Crippen LogP contribution in [0.1, 0.15) is 18.1 Å². The van der Waals surface area contributed by atoms with Crippen LogP contribution in [0.25, 0.3) is 0 Å². The van der Waals surface area contributed by atoms with Gasteiger partial charge in [-0.25, -0.2) is 0 Å². The van der Waals surface area contributed by atoms with Gasteiger partial charge in [0.15, 0.2) is 0 Å². The molecule has 4 nitrogen and oxygen atoms in total. The fraction of sp³-hybridized carbons (Fsp3) is 0.300. The van der Waals surface area contributed by atoms with Gasteiger partial charge >= 0.3 is 0 Å². The van der Waals surface area contributed by atoms with Crippen LogP contribution in [-0.4, -0.2) is 35.6 Å². The van der Waals surface area contributed by atoms with Crippen LogP contribution >= 0.6 is 35.0 Å². The molecule has 0 aromatic heterocycles. The molecule has 2 aromatic rings. The number of rotatable bonds is 8. The number of hydrogen-bond donors (Lipinski definition) is 1. The van der Waals surface area contributed by atoms with Gasteiger partial charge in [0.2, 0.25) is 11.8 Å². The van der Waals surface area contributed by atoms with E-state index in [9.17, 15) is 9.59 Å². The van der Waals surface area contributed by atoms with Crippen molar-refractivity contribution in [1.82, 2.24) is 10.2 Å². The summed E-state index contributed by atoms with van der Waals surface area (Å²) < 4.78 is 0. The maximum atomic E-state index is 12.9. The van der Waals surface area contributed by atoms with Crippen LogP contribution in [-0.2, 0) is 21.9 Å². The zero-order valence-electron chi connectivity index (χ0n) is 15.2. The van der Waals surface area contributed by atoms with Gasteiger partial charge in [-0.1, -0.05) is 59.6 Å². The number of nitrogens with one attached hydrogen (secondary N) is 1. The van der Waals surface area contributed by atoms with Crippen molar-refractivity contribution in [2.45, 2.75) is 25.3 Å². The number of hydrogen-bond acceptors (Lipinski definition) is 3. The first kappa shape index (κ1) is 21.6. The highest BCUT2D eigenvalue weighted by Gasteiger charge is 2.26. The SMILES string of the molecule is CNC(=O)C(C)N(Cc1c(Cl)cccc1Cl)C(=O)CSCc1ccccc1. The third-order valence-corrected chi connectivity index (χ3v) is 5.84. The van der Waals surface area contributed by atoms with Gasteiger partial charge in [-0.05, 0) is 24.6 Å². The smallest absolute Gasteiger partial charge is 0.242 e. The van der Waals surface area contributed by atoms with Crippen LogP contribution in [0.15, 0.2) is 48.5 Å². The number of halogens is 2. The molecular formula is C20H22Cl2N2O2S. The Bertz CT molecular complexity index is 767. The van der Waals surface area contributed by atoms with Gasteiger partial charge in [-0.3, -0.25) is 9.59 Å². The average molecular weight is 425 g/mol. The van der Waals surface area contributed by atoms with Gasteiger partial charge in [0.25, 0.3) is 0 Å². The topological polar surface area (TPSA) is 49.4 Å². The van der Waals surface area contributed by atoms with Crippen molar-refractivity contribution in [1.29, 1.82) is 0 Å². The Hall–Kier alpha value is -1.69. The Morgan fingerprint density at radius 1 is 1.07 bits per heavy atom. The van der Waals surface area contributed by atoms with Gasteiger partial charge < -0.3 is 10.2 Å². The van der Waals surface area contributed by atoms with E-state index in [1.165, 1.54) is 16.7 Å². The first-order chi connectivity index (χ1) is 12.9. The molecule has 0 bridgehead atoms. The second-order valence-corrected chi connectivity index (χ2v) is 7.79. The van der Waals surface area contributed by atoms with Crippen molar-refractivity contribution in [3.63, 3.8) is 0 Å². The number of carbonyl (C=O) groups is 2. The predicted octanol–water partition coefficient (Wildman–Crippen LogP) is 4.39. The lowest BCUT2D eigenvalue weighted by Gasteiger charge is -2.29. The highest BCUT2D eigenvalue weighted by molar-refractivity contribution is 7.99. The van der Waals surface area contributed by atoms with E-state index < -0.39 is 6.04 Å². The molecule has 0 aliphatic rings. The molecule has 0 aliphatic heterocycles.